The van der Waals surface area contributed by atoms with E-state index >= 15 is 0 Å². The Hall–Kier alpha value is -2.42. The minimum atomic E-state index is -0.447. The van der Waals surface area contributed by atoms with E-state index in [0.717, 1.165) is 17.8 Å². The molecule has 0 aliphatic carbocycles. The molecule has 0 saturated heterocycles. The second-order valence-corrected chi connectivity index (χ2v) is 7.62. The minimum Gasteiger partial charge on any atom is -0.495 e. The summed E-state index contributed by atoms with van der Waals surface area (Å²) in [6.45, 7) is 7.02. The quantitative estimate of drug-likeness (QED) is 0.449. The van der Waals surface area contributed by atoms with Crippen LogP contribution in [0.1, 0.15) is 24.2 Å². The van der Waals surface area contributed by atoms with Gasteiger partial charge in [0.25, 0.3) is 5.91 Å². The first kappa shape index (κ1) is 24.8. The van der Waals surface area contributed by atoms with Gasteiger partial charge in [0.1, 0.15) is 27.5 Å². The number of likely N-dealkylation sites (N-methyl/N-ethyl adjacent to an activating group) is 1. The molecule has 3 aromatic rings. The van der Waals surface area contributed by atoms with Crippen molar-refractivity contribution in [2.45, 2.75) is 13.8 Å². The Morgan fingerprint density at radius 3 is 2.35 bits per heavy atom. The van der Waals surface area contributed by atoms with Crippen LogP contribution in [0.25, 0.3) is 10.2 Å². The SMILES string of the molecule is CCN(CC)CCN(C(=O)c1cccc(F)c1)c1nc2c(OC)ccc(OC)c2s1.Cl. The molecule has 0 bridgehead atoms. The number of hydrogen-bond acceptors (Lipinski definition) is 6. The molecule has 1 aromatic heterocycles. The number of anilines is 1. The van der Waals surface area contributed by atoms with Gasteiger partial charge in [0.2, 0.25) is 0 Å². The van der Waals surface area contributed by atoms with Gasteiger partial charge in [-0.1, -0.05) is 31.3 Å². The number of halogens is 2. The molecular formula is C22H27ClFN3O3S. The smallest absolute Gasteiger partial charge is 0.260 e. The maximum atomic E-state index is 13.8. The molecule has 168 valence electrons. The third-order valence-electron chi connectivity index (χ3n) is 4.98. The van der Waals surface area contributed by atoms with E-state index in [0.29, 0.717) is 35.2 Å². The molecule has 0 N–H and O–H groups in total. The zero-order valence-corrected chi connectivity index (χ0v) is 19.7. The Balaban J connectivity index is 0.00000341. The average molecular weight is 468 g/mol. The highest BCUT2D eigenvalue weighted by Crippen LogP contribution is 2.40. The van der Waals surface area contributed by atoms with Gasteiger partial charge in [0.05, 0.1) is 14.2 Å². The van der Waals surface area contributed by atoms with Crippen LogP contribution in [0.5, 0.6) is 11.5 Å². The molecule has 0 aliphatic rings. The number of fused-ring (bicyclic) bond motifs is 1. The summed E-state index contributed by atoms with van der Waals surface area (Å²) in [5.74, 6) is 0.530. The van der Waals surface area contributed by atoms with Gasteiger partial charge in [0.15, 0.2) is 5.13 Å². The van der Waals surface area contributed by atoms with E-state index in [2.05, 4.69) is 18.7 Å². The van der Waals surface area contributed by atoms with E-state index in [1.165, 1.54) is 29.5 Å². The predicted octanol–water partition coefficient (Wildman–Crippen LogP) is 4.86. The van der Waals surface area contributed by atoms with Crippen LogP contribution in [-0.2, 0) is 0 Å². The molecule has 0 aliphatic heterocycles. The van der Waals surface area contributed by atoms with Crippen molar-refractivity contribution in [3.8, 4) is 11.5 Å². The van der Waals surface area contributed by atoms with Gasteiger partial charge in [0, 0.05) is 18.7 Å². The number of nitrogens with zero attached hydrogens (tertiary/aromatic N) is 3. The van der Waals surface area contributed by atoms with E-state index in [1.807, 2.05) is 6.07 Å². The highest BCUT2D eigenvalue weighted by Gasteiger charge is 2.24. The topological polar surface area (TPSA) is 54.9 Å². The van der Waals surface area contributed by atoms with Crippen molar-refractivity contribution < 1.29 is 18.7 Å². The zero-order valence-electron chi connectivity index (χ0n) is 18.1. The number of rotatable bonds is 9. The number of methoxy groups -OCH3 is 2. The largest absolute Gasteiger partial charge is 0.495 e. The molecule has 6 nitrogen and oxygen atoms in total. The number of hydrogen-bond donors (Lipinski definition) is 0. The van der Waals surface area contributed by atoms with Crippen LogP contribution in [0.15, 0.2) is 36.4 Å². The van der Waals surface area contributed by atoms with Crippen LogP contribution in [0.4, 0.5) is 9.52 Å². The van der Waals surface area contributed by atoms with Crippen molar-refractivity contribution in [3.63, 3.8) is 0 Å². The Morgan fingerprint density at radius 1 is 1.06 bits per heavy atom. The lowest BCUT2D eigenvalue weighted by Gasteiger charge is -2.24. The van der Waals surface area contributed by atoms with Crippen LogP contribution < -0.4 is 14.4 Å². The van der Waals surface area contributed by atoms with E-state index in [4.69, 9.17) is 14.5 Å². The summed E-state index contributed by atoms with van der Waals surface area (Å²) in [4.78, 5) is 21.8. The summed E-state index contributed by atoms with van der Waals surface area (Å²) in [6, 6.07) is 9.34. The molecule has 1 amide bonds. The molecule has 1 heterocycles. The first-order valence-corrected chi connectivity index (χ1v) is 10.6. The summed E-state index contributed by atoms with van der Waals surface area (Å²) in [5, 5.41) is 0.522. The molecule has 0 fully saturated rings. The number of aromatic nitrogens is 1. The second kappa shape index (κ2) is 11.3. The normalized spacial score (nSPS) is 10.8. The van der Waals surface area contributed by atoms with E-state index < -0.39 is 5.82 Å². The number of thiazole rings is 1. The van der Waals surface area contributed by atoms with Crippen LogP contribution in [0.2, 0.25) is 0 Å². The maximum Gasteiger partial charge on any atom is 0.260 e. The minimum absolute atomic E-state index is 0. The van der Waals surface area contributed by atoms with Gasteiger partial charge in [-0.2, -0.15) is 0 Å². The molecule has 0 saturated carbocycles. The van der Waals surface area contributed by atoms with Crippen molar-refractivity contribution in [2.24, 2.45) is 0 Å². The van der Waals surface area contributed by atoms with Crippen molar-refractivity contribution in [2.75, 3.05) is 45.3 Å². The third-order valence-corrected chi connectivity index (χ3v) is 6.07. The summed E-state index contributed by atoms with van der Waals surface area (Å²) < 4.78 is 25.5. The number of ether oxygens (including phenoxy) is 2. The van der Waals surface area contributed by atoms with Crippen molar-refractivity contribution in [3.05, 3.63) is 47.8 Å². The molecule has 2 aromatic carbocycles. The predicted molar refractivity (Wildman–Crippen MR) is 126 cm³/mol. The van der Waals surface area contributed by atoms with Crippen LogP contribution >= 0.6 is 23.7 Å². The highest BCUT2D eigenvalue weighted by molar-refractivity contribution is 7.22. The molecular weight excluding hydrogens is 441 g/mol. The summed E-state index contributed by atoms with van der Waals surface area (Å²) >= 11 is 1.36. The highest BCUT2D eigenvalue weighted by atomic mass is 35.5. The monoisotopic (exact) mass is 467 g/mol. The van der Waals surface area contributed by atoms with Crippen LogP contribution in [-0.4, -0.2) is 56.2 Å². The van der Waals surface area contributed by atoms with E-state index in [-0.39, 0.29) is 23.9 Å². The first-order valence-electron chi connectivity index (χ1n) is 9.83. The van der Waals surface area contributed by atoms with Gasteiger partial charge in [-0.3, -0.25) is 9.69 Å². The van der Waals surface area contributed by atoms with Gasteiger partial charge in [-0.25, -0.2) is 9.37 Å². The van der Waals surface area contributed by atoms with Crippen LogP contribution in [0, 0.1) is 5.82 Å². The van der Waals surface area contributed by atoms with Gasteiger partial charge >= 0.3 is 0 Å². The fraction of sp³-hybridized carbons (Fsp3) is 0.364. The number of carbonyl (C=O) groups excluding carboxylic acids is 1. The Morgan fingerprint density at radius 2 is 1.74 bits per heavy atom. The number of benzene rings is 2. The lowest BCUT2D eigenvalue weighted by molar-refractivity contribution is 0.0983. The molecule has 0 spiro atoms. The Bertz CT molecular complexity index is 985. The number of amides is 1. The fourth-order valence-corrected chi connectivity index (χ4v) is 4.33. The molecule has 31 heavy (non-hydrogen) atoms. The Labute approximate surface area is 192 Å². The third kappa shape index (κ3) is 5.44. The lowest BCUT2D eigenvalue weighted by Crippen LogP contribution is -2.38. The van der Waals surface area contributed by atoms with Crippen molar-refractivity contribution in [1.82, 2.24) is 9.88 Å². The zero-order chi connectivity index (χ0) is 21.7. The maximum absolute atomic E-state index is 13.8. The Kier molecular flexibility index (Phi) is 9.03. The average Bonchev–Trinajstić information content (AvgIpc) is 3.21. The summed E-state index contributed by atoms with van der Waals surface area (Å²) in [5.41, 5.74) is 0.921. The van der Waals surface area contributed by atoms with Gasteiger partial charge in [-0.05, 0) is 43.4 Å². The second-order valence-electron chi connectivity index (χ2n) is 6.64. The lowest BCUT2D eigenvalue weighted by atomic mass is 10.2. The molecule has 0 radical (unpaired) electrons. The summed E-state index contributed by atoms with van der Waals surface area (Å²) in [7, 11) is 3.17. The van der Waals surface area contributed by atoms with Crippen molar-refractivity contribution >= 4 is 45.0 Å². The number of carbonyl (C=O) groups is 1. The molecule has 0 unspecified atom stereocenters. The van der Waals surface area contributed by atoms with Crippen molar-refractivity contribution in [1.29, 1.82) is 0 Å². The molecule has 0 atom stereocenters. The first-order chi connectivity index (χ1) is 14.5. The van der Waals surface area contributed by atoms with E-state index in [1.54, 1.807) is 31.3 Å². The van der Waals surface area contributed by atoms with Gasteiger partial charge in [-0.15, -0.1) is 12.4 Å². The van der Waals surface area contributed by atoms with Gasteiger partial charge < -0.3 is 14.4 Å². The van der Waals surface area contributed by atoms with E-state index in [9.17, 15) is 9.18 Å². The standard InChI is InChI=1S/C22H26FN3O3S.ClH/c1-5-25(6-2)12-13-26(21(27)15-8-7-9-16(23)14-15)22-24-19-17(28-3)10-11-18(29-4)20(19)30-22;/h7-11,14H,5-6,12-13H2,1-4H3;1H. The molecule has 3 rings (SSSR count). The van der Waals surface area contributed by atoms with Crippen LogP contribution in [0.3, 0.4) is 0 Å². The molecule has 9 heteroatoms. The fourth-order valence-electron chi connectivity index (χ4n) is 3.23. The summed E-state index contributed by atoms with van der Waals surface area (Å²) in [6.07, 6.45) is 0.